The van der Waals surface area contributed by atoms with Crippen molar-refractivity contribution in [3.05, 3.63) is 35.4 Å². The van der Waals surface area contributed by atoms with Crippen molar-refractivity contribution in [1.29, 1.82) is 0 Å². The van der Waals surface area contributed by atoms with Crippen LogP contribution < -0.4 is 5.32 Å². The van der Waals surface area contributed by atoms with E-state index in [1.165, 1.54) is 31.4 Å². The summed E-state index contributed by atoms with van der Waals surface area (Å²) < 4.78 is 0. The van der Waals surface area contributed by atoms with Gasteiger partial charge in [-0.05, 0) is 48.8 Å². The van der Waals surface area contributed by atoms with Gasteiger partial charge >= 0.3 is 0 Å². The van der Waals surface area contributed by atoms with Crippen LogP contribution in [0.5, 0.6) is 0 Å². The first kappa shape index (κ1) is 13.6. The van der Waals surface area contributed by atoms with Crippen LogP contribution in [0.1, 0.15) is 57.1 Å². The molecule has 0 bridgehead atoms. The molecule has 1 aromatic rings. The molecular formula is C17H27N. The van der Waals surface area contributed by atoms with Crippen LogP contribution in [0.2, 0.25) is 0 Å². The summed E-state index contributed by atoms with van der Waals surface area (Å²) >= 11 is 0. The van der Waals surface area contributed by atoms with E-state index in [1.54, 1.807) is 5.56 Å². The Hall–Kier alpha value is -0.820. The molecule has 1 aromatic carbocycles. The summed E-state index contributed by atoms with van der Waals surface area (Å²) in [6.45, 7) is 7.87. The third kappa shape index (κ3) is 3.35. The minimum absolute atomic E-state index is 0.605. The van der Waals surface area contributed by atoms with E-state index in [0.717, 1.165) is 18.3 Å². The molecule has 0 radical (unpaired) electrons. The van der Waals surface area contributed by atoms with Crippen molar-refractivity contribution in [1.82, 2.24) is 5.32 Å². The Bertz CT molecular complexity index is 352. The Kier molecular flexibility index (Phi) is 4.82. The van der Waals surface area contributed by atoms with E-state index in [0.29, 0.717) is 6.04 Å². The van der Waals surface area contributed by atoms with E-state index < -0.39 is 0 Å². The van der Waals surface area contributed by atoms with Crippen molar-refractivity contribution in [2.75, 3.05) is 6.54 Å². The molecular weight excluding hydrogens is 218 g/mol. The van der Waals surface area contributed by atoms with E-state index in [2.05, 4.69) is 50.4 Å². The first-order chi connectivity index (χ1) is 8.70. The average molecular weight is 245 g/mol. The van der Waals surface area contributed by atoms with Crippen molar-refractivity contribution in [3.8, 4) is 0 Å². The van der Waals surface area contributed by atoms with Crippen LogP contribution in [0.3, 0.4) is 0 Å². The zero-order chi connectivity index (χ0) is 13.0. The Labute approximate surface area is 112 Å². The lowest BCUT2D eigenvalue weighted by Crippen LogP contribution is -2.30. The molecule has 1 saturated carbocycles. The molecule has 1 heteroatoms. The van der Waals surface area contributed by atoms with Crippen LogP contribution >= 0.6 is 0 Å². The van der Waals surface area contributed by atoms with Gasteiger partial charge in [0.1, 0.15) is 0 Å². The van der Waals surface area contributed by atoms with Gasteiger partial charge in [0.2, 0.25) is 0 Å². The highest BCUT2D eigenvalue weighted by molar-refractivity contribution is 5.26. The Morgan fingerprint density at radius 1 is 1.17 bits per heavy atom. The van der Waals surface area contributed by atoms with Crippen LogP contribution in [0.25, 0.3) is 0 Å². The van der Waals surface area contributed by atoms with Crippen LogP contribution in [0.15, 0.2) is 24.3 Å². The van der Waals surface area contributed by atoms with E-state index in [9.17, 15) is 0 Å². The van der Waals surface area contributed by atoms with Crippen molar-refractivity contribution in [3.63, 3.8) is 0 Å². The molecule has 1 fully saturated rings. The summed E-state index contributed by atoms with van der Waals surface area (Å²) in [5.41, 5.74) is 3.01. The molecule has 100 valence electrons. The van der Waals surface area contributed by atoms with Gasteiger partial charge in [0.15, 0.2) is 0 Å². The molecule has 0 heterocycles. The molecule has 1 aliphatic rings. The molecule has 0 aliphatic heterocycles. The largest absolute Gasteiger partial charge is 0.314 e. The molecule has 2 atom stereocenters. The van der Waals surface area contributed by atoms with Gasteiger partial charge in [0.25, 0.3) is 0 Å². The van der Waals surface area contributed by atoms with Gasteiger partial charge < -0.3 is 5.32 Å². The maximum Gasteiger partial charge on any atom is 0.00104 e. The van der Waals surface area contributed by atoms with E-state index in [4.69, 9.17) is 0 Å². The van der Waals surface area contributed by atoms with Gasteiger partial charge in [-0.3, -0.25) is 0 Å². The molecule has 0 aromatic heterocycles. The van der Waals surface area contributed by atoms with Gasteiger partial charge in [-0.2, -0.15) is 0 Å². The predicted molar refractivity (Wildman–Crippen MR) is 79.0 cm³/mol. The molecule has 1 aliphatic carbocycles. The standard InChI is InChI=1S/C17H27N/c1-4-14-8-10-15(11-9-14)17-7-5-6-16(17)12-18-13(2)3/h8-11,13,16-18H,4-7,12H2,1-3H3. The molecule has 18 heavy (non-hydrogen) atoms. The number of aryl methyl sites for hydroxylation is 1. The topological polar surface area (TPSA) is 12.0 Å². The van der Waals surface area contributed by atoms with Crippen LogP contribution in [0, 0.1) is 5.92 Å². The fourth-order valence-corrected chi connectivity index (χ4v) is 3.11. The van der Waals surface area contributed by atoms with Crippen molar-refractivity contribution < 1.29 is 0 Å². The maximum absolute atomic E-state index is 3.61. The van der Waals surface area contributed by atoms with E-state index in [1.807, 2.05) is 0 Å². The number of hydrogen-bond donors (Lipinski definition) is 1. The van der Waals surface area contributed by atoms with Crippen LogP contribution in [-0.2, 0) is 6.42 Å². The first-order valence-corrected chi connectivity index (χ1v) is 7.53. The quantitative estimate of drug-likeness (QED) is 0.822. The third-order valence-corrected chi connectivity index (χ3v) is 4.26. The summed E-state index contributed by atoms with van der Waals surface area (Å²) in [5, 5.41) is 3.61. The summed E-state index contributed by atoms with van der Waals surface area (Å²) in [5.74, 6) is 1.61. The second-order valence-electron chi connectivity index (χ2n) is 5.96. The van der Waals surface area contributed by atoms with E-state index >= 15 is 0 Å². The van der Waals surface area contributed by atoms with E-state index in [-0.39, 0.29) is 0 Å². The molecule has 1 N–H and O–H groups in total. The number of benzene rings is 1. The highest BCUT2D eigenvalue weighted by Crippen LogP contribution is 2.39. The van der Waals surface area contributed by atoms with Crippen LogP contribution in [0.4, 0.5) is 0 Å². The molecule has 0 saturated heterocycles. The Morgan fingerprint density at radius 3 is 2.50 bits per heavy atom. The number of nitrogens with one attached hydrogen (secondary N) is 1. The summed E-state index contributed by atoms with van der Waals surface area (Å²) in [7, 11) is 0. The van der Waals surface area contributed by atoms with Gasteiger partial charge in [-0.15, -0.1) is 0 Å². The lowest BCUT2D eigenvalue weighted by atomic mass is 9.88. The lowest BCUT2D eigenvalue weighted by Gasteiger charge is -2.22. The zero-order valence-electron chi connectivity index (χ0n) is 12.1. The maximum atomic E-state index is 3.61. The second-order valence-corrected chi connectivity index (χ2v) is 5.96. The Balaban J connectivity index is 2.01. The summed E-state index contributed by atoms with van der Waals surface area (Å²) in [4.78, 5) is 0. The lowest BCUT2D eigenvalue weighted by molar-refractivity contribution is 0.423. The van der Waals surface area contributed by atoms with Crippen molar-refractivity contribution in [2.24, 2.45) is 5.92 Å². The number of hydrogen-bond acceptors (Lipinski definition) is 1. The predicted octanol–water partition coefficient (Wildman–Crippen LogP) is 4.13. The third-order valence-electron chi connectivity index (χ3n) is 4.26. The van der Waals surface area contributed by atoms with Crippen molar-refractivity contribution in [2.45, 2.75) is 58.4 Å². The van der Waals surface area contributed by atoms with Crippen LogP contribution in [-0.4, -0.2) is 12.6 Å². The summed E-state index contributed by atoms with van der Waals surface area (Å²) in [6, 6.07) is 9.93. The zero-order valence-corrected chi connectivity index (χ0v) is 12.1. The SMILES string of the molecule is CCc1ccc(C2CCCC2CNC(C)C)cc1. The minimum Gasteiger partial charge on any atom is -0.314 e. The molecule has 0 amide bonds. The van der Waals surface area contributed by atoms with Gasteiger partial charge in [0, 0.05) is 6.04 Å². The second kappa shape index (κ2) is 6.38. The number of rotatable bonds is 5. The fraction of sp³-hybridized carbons (Fsp3) is 0.647. The summed E-state index contributed by atoms with van der Waals surface area (Å²) in [6.07, 6.45) is 5.30. The smallest absolute Gasteiger partial charge is 0.00104 e. The monoisotopic (exact) mass is 245 g/mol. The highest BCUT2D eigenvalue weighted by Gasteiger charge is 2.28. The molecule has 0 spiro atoms. The highest BCUT2D eigenvalue weighted by atomic mass is 14.9. The average Bonchev–Trinajstić information content (AvgIpc) is 2.85. The minimum atomic E-state index is 0.605. The van der Waals surface area contributed by atoms with Crippen molar-refractivity contribution >= 4 is 0 Å². The molecule has 2 unspecified atom stereocenters. The van der Waals surface area contributed by atoms with Gasteiger partial charge in [-0.25, -0.2) is 0 Å². The van der Waals surface area contributed by atoms with Gasteiger partial charge in [-0.1, -0.05) is 51.5 Å². The first-order valence-electron chi connectivity index (χ1n) is 7.53. The van der Waals surface area contributed by atoms with Gasteiger partial charge in [0.05, 0.1) is 0 Å². The molecule has 1 nitrogen and oxygen atoms in total. The Morgan fingerprint density at radius 2 is 1.89 bits per heavy atom. The molecule has 2 rings (SSSR count). The normalized spacial score (nSPS) is 23.8. The fourth-order valence-electron chi connectivity index (χ4n) is 3.11.